The van der Waals surface area contributed by atoms with Gasteiger partial charge in [0.2, 0.25) is 0 Å². The maximum atomic E-state index is 12.4. The number of hydrogen-bond acceptors (Lipinski definition) is 6. The summed E-state index contributed by atoms with van der Waals surface area (Å²) in [5.41, 5.74) is 0. The lowest BCUT2D eigenvalue weighted by atomic mass is 10.0. The minimum atomic E-state index is -4.75. The molecule has 0 aromatic heterocycles. The monoisotopic (exact) mass is 761 g/mol. The van der Waals surface area contributed by atoms with Gasteiger partial charge in [-0.05, 0) is 24.7 Å². The maximum absolute atomic E-state index is 12.4. The normalized spacial score (nSPS) is 12.5. The van der Waals surface area contributed by atoms with Gasteiger partial charge >= 0.3 is 19.8 Å². The third-order valence-corrected chi connectivity index (χ3v) is 10.5. The molecule has 0 amide bonds. The number of rotatable bonds is 40. The molecule has 8 nitrogen and oxygen atoms in total. The van der Waals surface area contributed by atoms with Crippen LogP contribution in [0.1, 0.15) is 233 Å². The highest BCUT2D eigenvalue weighted by molar-refractivity contribution is 7.46. The van der Waals surface area contributed by atoms with Gasteiger partial charge in [-0.25, -0.2) is 4.57 Å². The van der Waals surface area contributed by atoms with E-state index in [1.165, 1.54) is 154 Å². The van der Waals surface area contributed by atoms with E-state index in [1.807, 2.05) is 0 Å². The van der Waals surface area contributed by atoms with Gasteiger partial charge in [-0.1, -0.05) is 207 Å². The smallest absolute Gasteiger partial charge is 0.462 e. The lowest BCUT2D eigenvalue weighted by Crippen LogP contribution is -2.29. The molecule has 52 heavy (non-hydrogen) atoms. The number of carbonyl (C=O) groups excluding carboxylic acids is 2. The number of esters is 2. The molecule has 310 valence electrons. The standard InChI is InChI=1S/C43H85O8P/c1-39(2)33-29-25-21-17-13-9-6-5-7-11-16-20-24-28-32-36-43(45)51-41(38-50-52(46,47)48)37-49-42(44)35-31-27-23-19-15-12-8-10-14-18-22-26-30-34-40(3)4/h39-41H,5-38H2,1-4H3,(H2,46,47,48)/t41-/m1/s1. The molecule has 2 N–H and O–H groups in total. The van der Waals surface area contributed by atoms with E-state index in [1.54, 1.807) is 0 Å². The first-order chi connectivity index (χ1) is 25.0. The molecular weight excluding hydrogens is 675 g/mol. The molecule has 0 fully saturated rings. The van der Waals surface area contributed by atoms with E-state index < -0.39 is 32.5 Å². The zero-order chi connectivity index (χ0) is 38.5. The molecule has 0 bridgehead atoms. The topological polar surface area (TPSA) is 119 Å². The minimum Gasteiger partial charge on any atom is -0.462 e. The minimum absolute atomic E-state index is 0.219. The largest absolute Gasteiger partial charge is 0.469 e. The Bertz CT molecular complexity index is 843. The SMILES string of the molecule is CC(C)CCCCCCCCCCCCCCCCCC(=O)O[C@H](COC(=O)CCCCCCCCCCCCCCCC(C)C)COP(=O)(O)O. The molecule has 0 heterocycles. The zero-order valence-electron chi connectivity index (χ0n) is 34.6. The van der Waals surface area contributed by atoms with Crippen molar-refractivity contribution in [3.63, 3.8) is 0 Å². The van der Waals surface area contributed by atoms with Crippen LogP contribution >= 0.6 is 7.82 Å². The Kier molecular flexibility index (Phi) is 36.3. The van der Waals surface area contributed by atoms with Crippen molar-refractivity contribution >= 4 is 19.8 Å². The molecule has 0 rings (SSSR count). The highest BCUT2D eigenvalue weighted by Crippen LogP contribution is 2.36. The van der Waals surface area contributed by atoms with E-state index in [-0.39, 0.29) is 19.4 Å². The highest BCUT2D eigenvalue weighted by atomic mass is 31.2. The maximum Gasteiger partial charge on any atom is 0.469 e. The van der Waals surface area contributed by atoms with Crippen LogP contribution in [0.25, 0.3) is 0 Å². The molecule has 0 aliphatic heterocycles. The summed E-state index contributed by atoms with van der Waals surface area (Å²) in [5.74, 6) is 0.794. The van der Waals surface area contributed by atoms with E-state index in [9.17, 15) is 14.2 Å². The second-order valence-electron chi connectivity index (χ2n) is 16.3. The Morgan fingerprint density at radius 3 is 1.04 bits per heavy atom. The Morgan fingerprint density at radius 2 is 0.731 bits per heavy atom. The van der Waals surface area contributed by atoms with Crippen LogP contribution in [0.2, 0.25) is 0 Å². The van der Waals surface area contributed by atoms with Crippen molar-refractivity contribution in [1.82, 2.24) is 0 Å². The number of phosphoric ester groups is 1. The van der Waals surface area contributed by atoms with Crippen LogP contribution in [0.4, 0.5) is 0 Å². The summed E-state index contributed by atoms with van der Waals surface area (Å²) in [4.78, 5) is 42.9. The first-order valence-corrected chi connectivity index (χ1v) is 23.6. The Labute approximate surface area is 321 Å². The fourth-order valence-corrected chi connectivity index (χ4v) is 7.05. The van der Waals surface area contributed by atoms with E-state index >= 15 is 0 Å². The number of carbonyl (C=O) groups is 2. The Hall–Kier alpha value is -0.950. The number of unbranched alkanes of at least 4 members (excludes halogenated alkanes) is 26. The van der Waals surface area contributed by atoms with Crippen molar-refractivity contribution in [2.24, 2.45) is 11.8 Å². The second-order valence-corrected chi connectivity index (χ2v) is 17.6. The molecule has 0 aromatic rings. The predicted molar refractivity (Wildman–Crippen MR) is 216 cm³/mol. The van der Waals surface area contributed by atoms with Crippen molar-refractivity contribution in [1.29, 1.82) is 0 Å². The molecule has 0 radical (unpaired) electrons. The van der Waals surface area contributed by atoms with Gasteiger partial charge in [0.05, 0.1) is 6.61 Å². The van der Waals surface area contributed by atoms with Gasteiger partial charge in [0.15, 0.2) is 6.10 Å². The van der Waals surface area contributed by atoms with E-state index in [4.69, 9.17) is 19.3 Å². The molecule has 0 aromatic carbocycles. The van der Waals surface area contributed by atoms with Crippen LogP contribution in [0, 0.1) is 11.8 Å². The second kappa shape index (κ2) is 37.0. The van der Waals surface area contributed by atoms with Crippen molar-refractivity contribution in [3.8, 4) is 0 Å². The van der Waals surface area contributed by atoms with Gasteiger partial charge in [0.1, 0.15) is 6.61 Å². The van der Waals surface area contributed by atoms with Crippen molar-refractivity contribution < 1.29 is 37.9 Å². The Morgan fingerprint density at radius 1 is 0.442 bits per heavy atom. The summed E-state index contributed by atoms with van der Waals surface area (Å²) >= 11 is 0. The summed E-state index contributed by atoms with van der Waals surface area (Å²) in [5, 5.41) is 0. The van der Waals surface area contributed by atoms with Crippen molar-refractivity contribution in [2.45, 2.75) is 239 Å². The molecular formula is C43H85O8P. The van der Waals surface area contributed by atoms with Crippen LogP contribution in [-0.2, 0) is 28.2 Å². The molecule has 1 atom stereocenters. The highest BCUT2D eigenvalue weighted by Gasteiger charge is 2.23. The van der Waals surface area contributed by atoms with Crippen LogP contribution in [0.3, 0.4) is 0 Å². The molecule has 0 spiro atoms. The van der Waals surface area contributed by atoms with E-state index in [2.05, 4.69) is 32.2 Å². The average Bonchev–Trinajstić information content (AvgIpc) is 3.08. The quantitative estimate of drug-likeness (QED) is 0.0360. The van der Waals surface area contributed by atoms with Gasteiger partial charge in [-0.15, -0.1) is 0 Å². The Balaban J connectivity index is 3.84. The first-order valence-electron chi connectivity index (χ1n) is 22.0. The third kappa shape index (κ3) is 41.8. The lowest BCUT2D eigenvalue weighted by Gasteiger charge is -2.18. The molecule has 9 heteroatoms. The third-order valence-electron chi connectivity index (χ3n) is 9.98. The molecule has 0 aliphatic rings. The fraction of sp³-hybridized carbons (Fsp3) is 0.953. The van der Waals surface area contributed by atoms with Gasteiger partial charge in [0.25, 0.3) is 0 Å². The van der Waals surface area contributed by atoms with Gasteiger partial charge < -0.3 is 19.3 Å². The number of phosphoric acid groups is 1. The molecule has 0 aliphatic carbocycles. The van der Waals surface area contributed by atoms with Gasteiger partial charge in [-0.2, -0.15) is 0 Å². The van der Waals surface area contributed by atoms with Crippen molar-refractivity contribution in [3.05, 3.63) is 0 Å². The average molecular weight is 761 g/mol. The van der Waals surface area contributed by atoms with E-state index in [0.717, 1.165) is 43.9 Å². The summed E-state index contributed by atoms with van der Waals surface area (Å²) in [6.45, 7) is 8.41. The number of hydrogen-bond donors (Lipinski definition) is 2. The first kappa shape index (κ1) is 51.0. The number of ether oxygens (including phenoxy) is 2. The van der Waals surface area contributed by atoms with Crippen molar-refractivity contribution in [2.75, 3.05) is 13.2 Å². The van der Waals surface area contributed by atoms with Crippen LogP contribution < -0.4 is 0 Å². The lowest BCUT2D eigenvalue weighted by molar-refractivity contribution is -0.161. The van der Waals surface area contributed by atoms with Crippen LogP contribution in [-0.4, -0.2) is 41.0 Å². The molecule has 0 saturated heterocycles. The predicted octanol–water partition coefficient (Wildman–Crippen LogP) is 13.3. The van der Waals surface area contributed by atoms with Gasteiger partial charge in [-0.3, -0.25) is 14.1 Å². The van der Waals surface area contributed by atoms with Gasteiger partial charge in [0, 0.05) is 12.8 Å². The molecule has 0 unspecified atom stereocenters. The fourth-order valence-electron chi connectivity index (χ4n) is 6.69. The van der Waals surface area contributed by atoms with Crippen LogP contribution in [0.15, 0.2) is 0 Å². The summed E-state index contributed by atoms with van der Waals surface area (Å²) < 4.78 is 26.4. The zero-order valence-corrected chi connectivity index (χ0v) is 35.5. The van der Waals surface area contributed by atoms with E-state index in [0.29, 0.717) is 6.42 Å². The summed E-state index contributed by atoms with van der Waals surface area (Å²) in [6, 6.07) is 0. The van der Waals surface area contributed by atoms with Crippen LogP contribution in [0.5, 0.6) is 0 Å². The summed E-state index contributed by atoms with van der Waals surface area (Å²) in [7, 11) is -4.75. The molecule has 0 saturated carbocycles. The summed E-state index contributed by atoms with van der Waals surface area (Å²) in [6.07, 6.45) is 36.9.